The van der Waals surface area contributed by atoms with Crippen molar-refractivity contribution in [3.8, 4) is 6.07 Å². The molecule has 0 spiro atoms. The smallest absolute Gasteiger partial charge is 0.230 e. The van der Waals surface area contributed by atoms with Crippen molar-refractivity contribution >= 4 is 23.5 Å². The number of nitrogens with one attached hydrogen (secondary N) is 1. The highest BCUT2D eigenvalue weighted by molar-refractivity contribution is 8.00. The molecule has 0 fully saturated rings. The number of hydrogen-bond acceptors (Lipinski definition) is 5. The van der Waals surface area contributed by atoms with Crippen LogP contribution in [0.4, 0.5) is 0 Å². The minimum absolute atomic E-state index is 0.0667. The zero-order valence-corrected chi connectivity index (χ0v) is 15.6. The molecule has 0 aliphatic heterocycles. The molecule has 1 amide bonds. The summed E-state index contributed by atoms with van der Waals surface area (Å²) in [6.07, 6.45) is 4.41. The minimum atomic E-state index is -0.119. The number of carbonyl (C=O) groups is 2. The zero-order valence-electron chi connectivity index (χ0n) is 14.8. The number of carbonyl (C=O) groups excluding carboxylic acids is 2. The molecule has 0 aromatic carbocycles. The van der Waals surface area contributed by atoms with Gasteiger partial charge in [-0.15, -0.1) is 0 Å². The van der Waals surface area contributed by atoms with Crippen LogP contribution in [0.2, 0.25) is 0 Å². The second kappa shape index (κ2) is 10.1. The van der Waals surface area contributed by atoms with Crippen LogP contribution in [0.3, 0.4) is 0 Å². The molecular weight excluding hydrogens is 322 g/mol. The number of amides is 1. The molecule has 1 aromatic heterocycles. The van der Waals surface area contributed by atoms with Crippen molar-refractivity contribution in [2.75, 3.05) is 5.75 Å². The van der Waals surface area contributed by atoms with Gasteiger partial charge in [0.1, 0.15) is 11.1 Å². The highest BCUT2D eigenvalue weighted by atomic mass is 32.2. The van der Waals surface area contributed by atoms with Gasteiger partial charge in [-0.1, -0.05) is 37.9 Å². The van der Waals surface area contributed by atoms with E-state index in [0.29, 0.717) is 21.8 Å². The fourth-order valence-corrected chi connectivity index (χ4v) is 3.17. The van der Waals surface area contributed by atoms with Crippen LogP contribution < -0.4 is 5.32 Å². The molecule has 24 heavy (non-hydrogen) atoms. The maximum absolute atomic E-state index is 12.0. The Balaban J connectivity index is 2.64. The topological polar surface area (TPSA) is 82.8 Å². The first kappa shape index (κ1) is 20.2. The van der Waals surface area contributed by atoms with Crippen LogP contribution in [0.25, 0.3) is 0 Å². The van der Waals surface area contributed by atoms with Gasteiger partial charge in [0.25, 0.3) is 0 Å². The van der Waals surface area contributed by atoms with E-state index < -0.39 is 0 Å². The number of ketones is 1. The first-order valence-electron chi connectivity index (χ1n) is 8.23. The SMILES string of the molecule is CCCCCC(C)NC(=O)CSc1nc(C)c(C(C)=O)cc1C#N. The summed E-state index contributed by atoms with van der Waals surface area (Å²) in [5, 5.41) is 12.7. The molecule has 1 rings (SSSR count). The lowest BCUT2D eigenvalue weighted by molar-refractivity contribution is -0.119. The van der Waals surface area contributed by atoms with Crippen LogP contribution in [0.1, 0.15) is 68.1 Å². The lowest BCUT2D eigenvalue weighted by atomic mass is 10.1. The standard InChI is InChI=1S/C18H25N3O2S/c1-5-6-7-8-12(2)20-17(23)11-24-18-15(10-19)9-16(14(4)22)13(3)21-18/h9,12H,5-8,11H2,1-4H3,(H,20,23). The molecule has 0 bridgehead atoms. The molecule has 1 heterocycles. The average molecular weight is 347 g/mol. The number of hydrogen-bond donors (Lipinski definition) is 1. The molecule has 130 valence electrons. The van der Waals surface area contributed by atoms with E-state index in [1.54, 1.807) is 13.0 Å². The number of aromatic nitrogens is 1. The van der Waals surface area contributed by atoms with Crippen LogP contribution in [-0.2, 0) is 4.79 Å². The summed E-state index contributed by atoms with van der Waals surface area (Å²) in [7, 11) is 0. The molecule has 6 heteroatoms. The van der Waals surface area contributed by atoms with E-state index in [4.69, 9.17) is 0 Å². The molecule has 0 aliphatic rings. The second-order valence-electron chi connectivity index (χ2n) is 5.90. The van der Waals surface area contributed by atoms with E-state index in [1.807, 2.05) is 13.0 Å². The second-order valence-corrected chi connectivity index (χ2v) is 6.86. The van der Waals surface area contributed by atoms with Gasteiger partial charge in [0.2, 0.25) is 5.91 Å². The third-order valence-corrected chi connectivity index (χ3v) is 4.66. The first-order chi connectivity index (χ1) is 11.4. The minimum Gasteiger partial charge on any atom is -0.353 e. The van der Waals surface area contributed by atoms with Crippen LogP contribution in [0.15, 0.2) is 11.1 Å². The lowest BCUT2D eigenvalue weighted by Crippen LogP contribution is -2.33. The van der Waals surface area contributed by atoms with E-state index >= 15 is 0 Å². The number of rotatable bonds is 9. The number of unbranched alkanes of at least 4 members (excludes halogenated alkanes) is 2. The number of nitrogens with zero attached hydrogens (tertiary/aromatic N) is 2. The molecule has 0 saturated heterocycles. The highest BCUT2D eigenvalue weighted by Crippen LogP contribution is 2.23. The summed E-state index contributed by atoms with van der Waals surface area (Å²) in [6.45, 7) is 7.34. The van der Waals surface area contributed by atoms with Gasteiger partial charge in [-0.3, -0.25) is 9.59 Å². The van der Waals surface area contributed by atoms with E-state index in [-0.39, 0.29) is 23.5 Å². The van der Waals surface area contributed by atoms with E-state index in [0.717, 1.165) is 19.3 Å². The molecule has 1 atom stereocenters. The normalized spacial score (nSPS) is 11.6. The van der Waals surface area contributed by atoms with Crippen LogP contribution >= 0.6 is 11.8 Å². The lowest BCUT2D eigenvalue weighted by Gasteiger charge is -2.13. The largest absolute Gasteiger partial charge is 0.353 e. The maximum Gasteiger partial charge on any atom is 0.230 e. The van der Waals surface area contributed by atoms with Crippen molar-refractivity contribution in [1.29, 1.82) is 5.26 Å². The first-order valence-corrected chi connectivity index (χ1v) is 9.22. The number of Topliss-reactive ketones (excluding diaryl/α,β-unsaturated/α-hetero) is 1. The van der Waals surface area contributed by atoms with Crippen molar-refractivity contribution in [2.45, 2.75) is 64.4 Å². The van der Waals surface area contributed by atoms with Gasteiger partial charge < -0.3 is 5.32 Å². The monoisotopic (exact) mass is 347 g/mol. The van der Waals surface area contributed by atoms with Gasteiger partial charge in [-0.2, -0.15) is 5.26 Å². The van der Waals surface area contributed by atoms with E-state index in [1.165, 1.54) is 25.1 Å². The number of pyridine rings is 1. The number of nitriles is 1. The Kier molecular flexibility index (Phi) is 8.48. The highest BCUT2D eigenvalue weighted by Gasteiger charge is 2.14. The Morgan fingerprint density at radius 1 is 1.42 bits per heavy atom. The number of thioether (sulfide) groups is 1. The van der Waals surface area contributed by atoms with Gasteiger partial charge in [0.15, 0.2) is 5.78 Å². The molecule has 1 unspecified atom stereocenters. The Labute approximate surface area is 148 Å². The number of aryl methyl sites for hydroxylation is 1. The Hall–Kier alpha value is -1.87. The molecule has 0 saturated carbocycles. The molecule has 0 aliphatic carbocycles. The summed E-state index contributed by atoms with van der Waals surface area (Å²) in [6, 6.07) is 3.75. The molecule has 5 nitrogen and oxygen atoms in total. The third-order valence-electron chi connectivity index (χ3n) is 3.67. The summed E-state index contributed by atoms with van der Waals surface area (Å²) in [5.74, 6) is 0.0215. The van der Waals surface area contributed by atoms with Crippen molar-refractivity contribution in [3.05, 3.63) is 22.9 Å². The summed E-state index contributed by atoms with van der Waals surface area (Å²) < 4.78 is 0. The fourth-order valence-electron chi connectivity index (χ4n) is 2.35. The fraction of sp³-hybridized carbons (Fsp3) is 0.556. The Morgan fingerprint density at radius 3 is 2.71 bits per heavy atom. The predicted octanol–water partition coefficient (Wildman–Crippen LogP) is 3.64. The van der Waals surface area contributed by atoms with Gasteiger partial charge in [0.05, 0.1) is 11.3 Å². The van der Waals surface area contributed by atoms with Gasteiger partial charge in [-0.25, -0.2) is 4.98 Å². The van der Waals surface area contributed by atoms with Crippen LogP contribution in [0, 0.1) is 18.3 Å². The molecular formula is C18H25N3O2S. The summed E-state index contributed by atoms with van der Waals surface area (Å²) in [5.41, 5.74) is 1.36. The molecule has 0 radical (unpaired) electrons. The average Bonchev–Trinajstić information content (AvgIpc) is 2.52. The predicted molar refractivity (Wildman–Crippen MR) is 96.2 cm³/mol. The van der Waals surface area contributed by atoms with Gasteiger partial charge >= 0.3 is 0 Å². The van der Waals surface area contributed by atoms with Crippen molar-refractivity contribution < 1.29 is 9.59 Å². The van der Waals surface area contributed by atoms with Gasteiger partial charge in [-0.05, 0) is 33.3 Å². The van der Waals surface area contributed by atoms with Crippen molar-refractivity contribution in [1.82, 2.24) is 10.3 Å². The van der Waals surface area contributed by atoms with Gasteiger partial charge in [0, 0.05) is 17.3 Å². The van der Waals surface area contributed by atoms with E-state index in [9.17, 15) is 14.9 Å². The van der Waals surface area contributed by atoms with E-state index in [2.05, 4.69) is 17.2 Å². The molecule has 1 aromatic rings. The Morgan fingerprint density at radius 2 is 2.12 bits per heavy atom. The quantitative estimate of drug-likeness (QED) is 0.419. The van der Waals surface area contributed by atoms with Crippen molar-refractivity contribution in [3.63, 3.8) is 0 Å². The van der Waals surface area contributed by atoms with Crippen molar-refractivity contribution in [2.24, 2.45) is 0 Å². The molecule has 1 N–H and O–H groups in total. The summed E-state index contributed by atoms with van der Waals surface area (Å²) in [4.78, 5) is 27.9. The van der Waals surface area contributed by atoms with Crippen LogP contribution in [0.5, 0.6) is 0 Å². The third kappa shape index (κ3) is 6.32. The Bertz CT molecular complexity index is 638. The van der Waals surface area contributed by atoms with Crippen LogP contribution in [-0.4, -0.2) is 28.5 Å². The maximum atomic E-state index is 12.0. The summed E-state index contributed by atoms with van der Waals surface area (Å²) >= 11 is 1.23. The zero-order chi connectivity index (χ0) is 18.1.